The van der Waals surface area contributed by atoms with Crippen molar-refractivity contribution in [1.82, 2.24) is 0 Å². The number of aliphatic hydroxyl groups is 3. The van der Waals surface area contributed by atoms with Gasteiger partial charge in [-0.2, -0.15) is 0 Å². The predicted molar refractivity (Wildman–Crippen MR) is 114 cm³/mol. The van der Waals surface area contributed by atoms with Crippen LogP contribution in [-0.2, 0) is 37.9 Å². The highest BCUT2D eigenvalue weighted by atomic mass is 16.8. The molecular weight excluding hydrogens is 452 g/mol. The van der Waals surface area contributed by atoms with E-state index in [-0.39, 0.29) is 44.2 Å². The lowest BCUT2D eigenvalue weighted by Gasteiger charge is -2.26. The average molecular weight is 491 g/mol. The van der Waals surface area contributed by atoms with Crippen LogP contribution in [0.3, 0.4) is 0 Å². The second-order valence-electron chi connectivity index (χ2n) is 9.69. The van der Waals surface area contributed by atoms with Crippen LogP contribution in [0.4, 0.5) is 0 Å². The van der Waals surface area contributed by atoms with Crippen LogP contribution >= 0.6 is 0 Å². The second kappa shape index (κ2) is 11.3. The van der Waals surface area contributed by atoms with Crippen molar-refractivity contribution in [2.24, 2.45) is 0 Å². The number of epoxide rings is 2. The summed E-state index contributed by atoms with van der Waals surface area (Å²) >= 11 is 0. The van der Waals surface area contributed by atoms with E-state index in [0.29, 0.717) is 6.61 Å². The lowest BCUT2D eigenvalue weighted by molar-refractivity contribution is -0.231. The molecule has 5 saturated heterocycles. The molecule has 5 heterocycles. The Morgan fingerprint density at radius 3 is 1.94 bits per heavy atom. The number of hydrogen-bond acceptors (Lipinski definition) is 11. The fourth-order valence-electron chi connectivity index (χ4n) is 5.07. The van der Waals surface area contributed by atoms with Gasteiger partial charge in [0.1, 0.15) is 54.9 Å². The van der Waals surface area contributed by atoms with Gasteiger partial charge in [0.05, 0.1) is 19.8 Å². The molecule has 196 valence electrons. The normalized spacial score (nSPS) is 46.6. The maximum atomic E-state index is 10.9. The monoisotopic (exact) mass is 490 g/mol. The Bertz CT molecular complexity index is 652. The molecule has 11 nitrogen and oxygen atoms in total. The average Bonchev–Trinajstić information content (AvgIpc) is 3.74. The van der Waals surface area contributed by atoms with E-state index < -0.39 is 49.4 Å². The number of rotatable bonds is 15. The number of aliphatic hydroxyl groups excluding tert-OH is 3. The number of fused-ring (bicyclic) bond motifs is 2. The molecule has 34 heavy (non-hydrogen) atoms. The second-order valence-corrected chi connectivity index (χ2v) is 9.69. The predicted octanol–water partition coefficient (Wildman–Crippen LogP) is -0.180. The standard InChI is InChI=1S/C23H38O11/c1-2-3-4-5-6-7-8-27-21-15(26)16(34-23-20-18(33-20)13(10-25)30-23)14(31-21)11-28-22-19-17(32-19)12(9-24)29-22/h12-26H,2-11H2,1H3/t12-,13-,14-,15+,16-,17-,18-,19+,20+,21+,22+,23-/m1/s1. The minimum Gasteiger partial charge on any atom is -0.394 e. The van der Waals surface area contributed by atoms with Crippen molar-refractivity contribution in [1.29, 1.82) is 0 Å². The molecule has 11 heteroatoms. The number of hydrogen-bond donors (Lipinski definition) is 3. The highest BCUT2D eigenvalue weighted by molar-refractivity contribution is 5.02. The van der Waals surface area contributed by atoms with Crippen molar-refractivity contribution >= 4 is 0 Å². The summed E-state index contributed by atoms with van der Waals surface area (Å²) in [7, 11) is 0. The van der Waals surface area contributed by atoms with Crippen molar-refractivity contribution < 1.29 is 53.2 Å². The lowest BCUT2D eigenvalue weighted by Crippen LogP contribution is -2.42. The Hall–Kier alpha value is -0.440. The molecule has 12 atom stereocenters. The van der Waals surface area contributed by atoms with Crippen LogP contribution in [0, 0.1) is 0 Å². The topological polar surface area (TPSA) is 141 Å². The van der Waals surface area contributed by atoms with Gasteiger partial charge in [-0.05, 0) is 6.42 Å². The molecular formula is C23H38O11. The van der Waals surface area contributed by atoms with Gasteiger partial charge < -0.3 is 53.2 Å². The van der Waals surface area contributed by atoms with Gasteiger partial charge in [-0.3, -0.25) is 0 Å². The highest BCUT2D eigenvalue weighted by Gasteiger charge is 2.61. The van der Waals surface area contributed by atoms with E-state index in [0.717, 1.165) is 12.8 Å². The number of unbranched alkanes of at least 4 members (excludes halogenated alkanes) is 5. The summed E-state index contributed by atoms with van der Waals surface area (Å²) in [6, 6.07) is 0. The van der Waals surface area contributed by atoms with Gasteiger partial charge in [-0.25, -0.2) is 0 Å². The van der Waals surface area contributed by atoms with Crippen molar-refractivity contribution in [3.63, 3.8) is 0 Å². The zero-order chi connectivity index (χ0) is 23.7. The summed E-state index contributed by atoms with van der Waals surface area (Å²) in [5.41, 5.74) is 0. The number of ether oxygens (including phenoxy) is 8. The zero-order valence-electron chi connectivity index (χ0n) is 19.6. The molecule has 0 amide bonds. The molecule has 0 bridgehead atoms. The first-order valence-corrected chi connectivity index (χ1v) is 12.7. The Balaban J connectivity index is 1.13. The van der Waals surface area contributed by atoms with Crippen molar-refractivity contribution in [2.45, 2.75) is 119 Å². The third-order valence-electron chi connectivity index (χ3n) is 7.16. The van der Waals surface area contributed by atoms with Crippen molar-refractivity contribution in [3.05, 3.63) is 0 Å². The molecule has 5 fully saturated rings. The van der Waals surface area contributed by atoms with Crippen LogP contribution in [0.5, 0.6) is 0 Å². The molecule has 0 aromatic heterocycles. The van der Waals surface area contributed by atoms with Crippen molar-refractivity contribution in [3.8, 4) is 0 Å². The molecule has 3 N–H and O–H groups in total. The Labute approximate surface area is 199 Å². The van der Waals surface area contributed by atoms with Gasteiger partial charge >= 0.3 is 0 Å². The molecule has 0 unspecified atom stereocenters. The minimum absolute atomic E-state index is 0.0824. The van der Waals surface area contributed by atoms with E-state index in [4.69, 9.17) is 37.9 Å². The first kappa shape index (κ1) is 25.2. The zero-order valence-corrected chi connectivity index (χ0v) is 19.6. The molecule has 0 spiro atoms. The minimum atomic E-state index is -1.04. The third kappa shape index (κ3) is 5.45. The smallest absolute Gasteiger partial charge is 0.187 e. The van der Waals surface area contributed by atoms with Crippen LogP contribution in [0.1, 0.15) is 45.4 Å². The Morgan fingerprint density at radius 2 is 1.26 bits per heavy atom. The molecule has 5 rings (SSSR count). The summed E-state index contributed by atoms with van der Waals surface area (Å²) in [6.45, 7) is 2.47. The fourth-order valence-corrected chi connectivity index (χ4v) is 5.07. The van der Waals surface area contributed by atoms with Crippen molar-refractivity contribution in [2.75, 3.05) is 26.4 Å². The van der Waals surface area contributed by atoms with E-state index in [1.807, 2.05) is 0 Å². The fraction of sp³-hybridized carbons (Fsp3) is 1.00. The van der Waals surface area contributed by atoms with Gasteiger partial charge in [0.15, 0.2) is 18.9 Å². The molecule has 5 aliphatic heterocycles. The van der Waals surface area contributed by atoms with Crippen LogP contribution in [0.2, 0.25) is 0 Å². The summed E-state index contributed by atoms with van der Waals surface area (Å²) in [6.07, 6.45) is 0.583. The Morgan fingerprint density at radius 1 is 0.647 bits per heavy atom. The quantitative estimate of drug-likeness (QED) is 0.208. The largest absolute Gasteiger partial charge is 0.394 e. The first-order chi connectivity index (χ1) is 16.6. The van der Waals surface area contributed by atoms with Crippen LogP contribution in [0.25, 0.3) is 0 Å². The van der Waals surface area contributed by atoms with Crippen LogP contribution in [-0.4, -0.2) is 116 Å². The lowest BCUT2D eigenvalue weighted by atomic mass is 10.1. The molecule has 0 aromatic carbocycles. The molecule has 0 radical (unpaired) electrons. The maximum absolute atomic E-state index is 10.9. The van der Waals surface area contributed by atoms with E-state index >= 15 is 0 Å². The third-order valence-corrected chi connectivity index (χ3v) is 7.16. The van der Waals surface area contributed by atoms with E-state index in [9.17, 15) is 15.3 Å². The Kier molecular flexibility index (Phi) is 8.39. The van der Waals surface area contributed by atoms with Gasteiger partial charge in [0.25, 0.3) is 0 Å². The molecule has 0 aromatic rings. The highest BCUT2D eigenvalue weighted by Crippen LogP contribution is 2.42. The SMILES string of the molecule is CCCCCCCCO[C@H]1O[C@H](CO[C@H]2O[C@H](CO)[C@H]3O[C@H]23)[C@@H](O[C@H]2O[C@H](CO)[C@H]3O[C@H]23)[C@@H]1O. The summed E-state index contributed by atoms with van der Waals surface area (Å²) in [5.74, 6) is 0. The van der Waals surface area contributed by atoms with Gasteiger partial charge in [-0.15, -0.1) is 0 Å². The van der Waals surface area contributed by atoms with Gasteiger partial charge in [0.2, 0.25) is 0 Å². The van der Waals surface area contributed by atoms with E-state index in [1.165, 1.54) is 25.7 Å². The van der Waals surface area contributed by atoms with Gasteiger partial charge in [-0.1, -0.05) is 39.0 Å². The van der Waals surface area contributed by atoms with Gasteiger partial charge in [0, 0.05) is 6.61 Å². The summed E-state index contributed by atoms with van der Waals surface area (Å²) in [4.78, 5) is 0. The van der Waals surface area contributed by atoms with Crippen LogP contribution in [0.15, 0.2) is 0 Å². The molecule has 0 saturated carbocycles. The summed E-state index contributed by atoms with van der Waals surface area (Å²) in [5, 5.41) is 29.7. The molecule has 5 aliphatic rings. The van der Waals surface area contributed by atoms with E-state index in [1.54, 1.807) is 0 Å². The maximum Gasteiger partial charge on any atom is 0.187 e. The van der Waals surface area contributed by atoms with Crippen LogP contribution < -0.4 is 0 Å². The van der Waals surface area contributed by atoms with E-state index in [2.05, 4.69) is 6.92 Å². The summed E-state index contributed by atoms with van der Waals surface area (Å²) < 4.78 is 46.2. The first-order valence-electron chi connectivity index (χ1n) is 12.7. The molecule has 0 aliphatic carbocycles.